The highest BCUT2D eigenvalue weighted by Gasteiger charge is 2.53. The molecule has 0 bridgehead atoms. The van der Waals surface area contributed by atoms with Crippen LogP contribution in [0.3, 0.4) is 0 Å². The maximum Gasteiger partial charge on any atom is 0.324 e. The van der Waals surface area contributed by atoms with E-state index in [-0.39, 0.29) is 0 Å². The van der Waals surface area contributed by atoms with Crippen LogP contribution < -0.4 is 9.47 Å². The predicted molar refractivity (Wildman–Crippen MR) is 70.6 cm³/mol. The van der Waals surface area contributed by atoms with Crippen molar-refractivity contribution in [2.24, 2.45) is 0 Å². The number of hydrogen-bond donors (Lipinski definition) is 1. The van der Waals surface area contributed by atoms with Crippen molar-refractivity contribution in [1.29, 1.82) is 0 Å². The van der Waals surface area contributed by atoms with Crippen LogP contribution >= 0.6 is 0 Å². The lowest BCUT2D eigenvalue weighted by Gasteiger charge is -2.24. The SMILES string of the molecule is COc1ccc(CN(C)C2(C(=O)O)CC2)cc1OC. The minimum Gasteiger partial charge on any atom is -0.493 e. The van der Waals surface area contributed by atoms with Crippen molar-refractivity contribution in [2.45, 2.75) is 24.9 Å². The molecule has 104 valence electrons. The number of rotatable bonds is 6. The van der Waals surface area contributed by atoms with E-state index in [1.807, 2.05) is 30.1 Å². The Balaban J connectivity index is 2.13. The first-order chi connectivity index (χ1) is 9.03. The summed E-state index contributed by atoms with van der Waals surface area (Å²) in [7, 11) is 5.02. The van der Waals surface area contributed by atoms with E-state index in [9.17, 15) is 9.90 Å². The van der Waals surface area contributed by atoms with Crippen molar-refractivity contribution >= 4 is 5.97 Å². The number of likely N-dealkylation sites (N-methyl/N-ethyl adjacent to an activating group) is 1. The van der Waals surface area contributed by atoms with Gasteiger partial charge in [0.05, 0.1) is 14.2 Å². The first-order valence-electron chi connectivity index (χ1n) is 6.19. The molecule has 0 radical (unpaired) electrons. The molecule has 2 rings (SSSR count). The van der Waals surface area contributed by atoms with Crippen LogP contribution in [0.25, 0.3) is 0 Å². The Morgan fingerprint density at radius 1 is 1.32 bits per heavy atom. The van der Waals surface area contributed by atoms with Gasteiger partial charge < -0.3 is 14.6 Å². The van der Waals surface area contributed by atoms with E-state index < -0.39 is 11.5 Å². The molecule has 19 heavy (non-hydrogen) atoms. The zero-order chi connectivity index (χ0) is 14.0. The van der Waals surface area contributed by atoms with E-state index in [4.69, 9.17) is 9.47 Å². The minimum atomic E-state index is -0.740. The monoisotopic (exact) mass is 265 g/mol. The number of carboxylic acid groups (broad SMARTS) is 1. The third-order valence-corrected chi connectivity index (χ3v) is 3.72. The second-order valence-electron chi connectivity index (χ2n) is 4.88. The molecule has 1 fully saturated rings. The molecule has 1 aromatic rings. The number of benzene rings is 1. The summed E-state index contributed by atoms with van der Waals surface area (Å²) in [5.74, 6) is 0.595. The third-order valence-electron chi connectivity index (χ3n) is 3.72. The van der Waals surface area contributed by atoms with Gasteiger partial charge in [0, 0.05) is 6.54 Å². The summed E-state index contributed by atoms with van der Waals surface area (Å²) in [6, 6.07) is 5.64. The van der Waals surface area contributed by atoms with E-state index in [0.717, 1.165) is 5.56 Å². The minimum absolute atomic E-state index is 0.576. The lowest BCUT2D eigenvalue weighted by Crippen LogP contribution is -2.40. The van der Waals surface area contributed by atoms with Gasteiger partial charge in [0.15, 0.2) is 11.5 Å². The Kier molecular flexibility index (Phi) is 3.66. The molecule has 1 aliphatic carbocycles. The summed E-state index contributed by atoms with van der Waals surface area (Å²) in [4.78, 5) is 13.1. The largest absolute Gasteiger partial charge is 0.493 e. The fourth-order valence-electron chi connectivity index (χ4n) is 2.28. The lowest BCUT2D eigenvalue weighted by molar-refractivity contribution is -0.144. The van der Waals surface area contributed by atoms with Crippen molar-refractivity contribution in [3.8, 4) is 11.5 Å². The van der Waals surface area contributed by atoms with Crippen LogP contribution in [-0.2, 0) is 11.3 Å². The normalized spacial score (nSPS) is 16.2. The van der Waals surface area contributed by atoms with Gasteiger partial charge in [-0.05, 0) is 37.6 Å². The molecule has 0 aromatic heterocycles. The van der Waals surface area contributed by atoms with Crippen molar-refractivity contribution in [1.82, 2.24) is 4.90 Å². The quantitative estimate of drug-likeness (QED) is 0.849. The molecule has 1 aromatic carbocycles. The molecular formula is C14H19NO4. The van der Waals surface area contributed by atoms with Crippen LogP contribution in [0.2, 0.25) is 0 Å². The number of aliphatic carboxylic acids is 1. The molecule has 0 heterocycles. The topological polar surface area (TPSA) is 59.0 Å². The average Bonchev–Trinajstić information content (AvgIpc) is 3.20. The molecule has 0 atom stereocenters. The maximum atomic E-state index is 11.3. The fourth-order valence-corrected chi connectivity index (χ4v) is 2.28. The Morgan fingerprint density at radius 2 is 1.95 bits per heavy atom. The second-order valence-corrected chi connectivity index (χ2v) is 4.88. The van der Waals surface area contributed by atoms with Crippen molar-refractivity contribution in [3.05, 3.63) is 23.8 Å². The second kappa shape index (κ2) is 5.09. The van der Waals surface area contributed by atoms with Crippen molar-refractivity contribution in [3.63, 3.8) is 0 Å². The Hall–Kier alpha value is -1.75. The fraction of sp³-hybridized carbons (Fsp3) is 0.500. The van der Waals surface area contributed by atoms with Gasteiger partial charge in [0.1, 0.15) is 5.54 Å². The van der Waals surface area contributed by atoms with Crippen LogP contribution in [-0.4, -0.2) is 42.8 Å². The highest BCUT2D eigenvalue weighted by molar-refractivity contribution is 5.82. The number of carboxylic acids is 1. The summed E-state index contributed by atoms with van der Waals surface area (Å²) >= 11 is 0. The van der Waals surface area contributed by atoms with Crippen LogP contribution in [0.1, 0.15) is 18.4 Å². The predicted octanol–water partition coefficient (Wildman–Crippen LogP) is 1.75. The lowest BCUT2D eigenvalue weighted by atomic mass is 10.1. The molecule has 1 saturated carbocycles. The summed E-state index contributed by atoms with van der Waals surface area (Å²) in [6.07, 6.45) is 1.43. The smallest absolute Gasteiger partial charge is 0.324 e. The third kappa shape index (κ3) is 2.51. The highest BCUT2D eigenvalue weighted by atomic mass is 16.5. The number of nitrogens with zero attached hydrogens (tertiary/aromatic N) is 1. The van der Waals surface area contributed by atoms with Crippen LogP contribution in [0.15, 0.2) is 18.2 Å². The summed E-state index contributed by atoms with van der Waals surface area (Å²) < 4.78 is 10.4. The average molecular weight is 265 g/mol. The van der Waals surface area contributed by atoms with E-state index in [2.05, 4.69) is 0 Å². The number of hydrogen-bond acceptors (Lipinski definition) is 4. The van der Waals surface area contributed by atoms with Gasteiger partial charge in [-0.2, -0.15) is 0 Å². The molecule has 5 nitrogen and oxygen atoms in total. The summed E-state index contributed by atoms with van der Waals surface area (Å²) in [6.45, 7) is 0.576. The highest BCUT2D eigenvalue weighted by Crippen LogP contribution is 2.42. The van der Waals surface area contributed by atoms with Gasteiger partial charge in [-0.25, -0.2) is 0 Å². The van der Waals surface area contributed by atoms with E-state index >= 15 is 0 Å². The molecule has 0 saturated heterocycles. The van der Waals surface area contributed by atoms with Gasteiger partial charge >= 0.3 is 5.97 Å². The van der Waals surface area contributed by atoms with Crippen LogP contribution in [0, 0.1) is 0 Å². The first-order valence-corrected chi connectivity index (χ1v) is 6.19. The number of methoxy groups -OCH3 is 2. The first kappa shape index (κ1) is 13.7. The van der Waals surface area contributed by atoms with Gasteiger partial charge in [-0.15, -0.1) is 0 Å². The van der Waals surface area contributed by atoms with Crippen molar-refractivity contribution in [2.75, 3.05) is 21.3 Å². The Morgan fingerprint density at radius 3 is 2.42 bits per heavy atom. The van der Waals surface area contributed by atoms with Crippen LogP contribution in [0.4, 0.5) is 0 Å². The molecule has 0 aliphatic heterocycles. The molecule has 1 aliphatic rings. The zero-order valence-electron chi connectivity index (χ0n) is 11.5. The molecule has 0 spiro atoms. The zero-order valence-corrected chi connectivity index (χ0v) is 11.5. The maximum absolute atomic E-state index is 11.3. The van der Waals surface area contributed by atoms with Crippen molar-refractivity contribution < 1.29 is 19.4 Å². The van der Waals surface area contributed by atoms with E-state index in [1.165, 1.54) is 0 Å². The van der Waals surface area contributed by atoms with E-state index in [1.54, 1.807) is 14.2 Å². The molecule has 0 amide bonds. The number of carbonyl (C=O) groups is 1. The summed E-state index contributed by atoms with van der Waals surface area (Å²) in [5, 5.41) is 9.25. The van der Waals surface area contributed by atoms with Gasteiger partial charge in [-0.3, -0.25) is 9.69 Å². The van der Waals surface area contributed by atoms with Gasteiger partial charge in [-0.1, -0.05) is 6.07 Å². The van der Waals surface area contributed by atoms with Crippen LogP contribution in [0.5, 0.6) is 11.5 Å². The molecular weight excluding hydrogens is 246 g/mol. The van der Waals surface area contributed by atoms with E-state index in [0.29, 0.717) is 30.9 Å². The molecule has 1 N–H and O–H groups in total. The van der Waals surface area contributed by atoms with Gasteiger partial charge in [0.25, 0.3) is 0 Å². The standard InChI is InChI=1S/C14H19NO4/c1-15(14(6-7-14)13(16)17)9-10-4-5-11(18-2)12(8-10)19-3/h4-5,8H,6-7,9H2,1-3H3,(H,16,17). The molecule has 0 unspecified atom stereocenters. The Bertz CT molecular complexity index is 482. The number of ether oxygens (including phenoxy) is 2. The molecule has 5 heteroatoms. The van der Waals surface area contributed by atoms with Gasteiger partial charge in [0.2, 0.25) is 0 Å². The summed E-state index contributed by atoms with van der Waals surface area (Å²) in [5.41, 5.74) is 0.334. The Labute approximate surface area is 112 Å².